The van der Waals surface area contributed by atoms with Gasteiger partial charge in [0.05, 0.1) is 17.1 Å². The van der Waals surface area contributed by atoms with Crippen LogP contribution in [-0.4, -0.2) is 43.6 Å². The predicted molar refractivity (Wildman–Crippen MR) is 157 cm³/mol. The second-order valence-electron chi connectivity index (χ2n) is 8.55. The lowest BCUT2D eigenvalue weighted by atomic mass is 9.88. The summed E-state index contributed by atoms with van der Waals surface area (Å²) in [5.74, 6) is 0.0714. The van der Waals surface area contributed by atoms with Crippen LogP contribution < -0.4 is 10.5 Å². The molecule has 3 aromatic heterocycles. The standard InChI is InChI=1S/C27H27FN6O.C2H6.CH4O/c1-4-7-17-11-19(9-8-16(17)6-3)34-27-24(26(29)30-15-31-27)25(33-34)22-13-18-12-20(28)23(35-10-5-2)14-21(18)32-22;2*1-2/h4-7,12-15,19,32H,2-3,8-11H2,1H3,(H2,29,30,31);1-2H3;2H,1H3/b7-4-;;. The average molecular weight is 533 g/mol. The number of benzene rings is 1. The molecular formula is C30H37FN6O2. The second kappa shape index (κ2) is 13.5. The third-order valence-electron chi connectivity index (χ3n) is 6.38. The van der Waals surface area contributed by atoms with Gasteiger partial charge >= 0.3 is 0 Å². The Labute approximate surface area is 228 Å². The van der Waals surface area contributed by atoms with E-state index >= 15 is 0 Å². The van der Waals surface area contributed by atoms with Crippen LogP contribution in [0.1, 0.15) is 46.1 Å². The lowest BCUT2D eigenvalue weighted by molar-refractivity contribution is 0.342. The number of nitrogens with one attached hydrogen (secondary N) is 1. The highest BCUT2D eigenvalue weighted by Gasteiger charge is 2.26. The molecule has 1 unspecified atom stereocenters. The van der Waals surface area contributed by atoms with Gasteiger partial charge in [0.15, 0.2) is 17.2 Å². The van der Waals surface area contributed by atoms with E-state index in [9.17, 15) is 4.39 Å². The van der Waals surface area contributed by atoms with Gasteiger partial charge in [-0.2, -0.15) is 5.10 Å². The number of aliphatic hydroxyl groups is 1. The second-order valence-corrected chi connectivity index (χ2v) is 8.55. The van der Waals surface area contributed by atoms with E-state index < -0.39 is 5.82 Å². The van der Waals surface area contributed by atoms with E-state index in [1.807, 2.05) is 43.7 Å². The van der Waals surface area contributed by atoms with E-state index in [4.69, 9.17) is 20.7 Å². The third kappa shape index (κ3) is 5.93. The van der Waals surface area contributed by atoms with Crippen molar-refractivity contribution >= 4 is 27.8 Å². The number of halogens is 1. The average Bonchev–Trinajstić information content (AvgIpc) is 3.56. The summed E-state index contributed by atoms with van der Waals surface area (Å²) in [6.07, 6.45) is 11.8. The first-order chi connectivity index (χ1) is 19.0. The van der Waals surface area contributed by atoms with Gasteiger partial charge in [-0.15, -0.1) is 0 Å². The normalized spacial score (nSPS) is 15.1. The van der Waals surface area contributed by atoms with Crippen LogP contribution in [0.25, 0.3) is 33.3 Å². The molecule has 1 aliphatic carbocycles. The summed E-state index contributed by atoms with van der Waals surface area (Å²) in [5.41, 5.74) is 11.6. The summed E-state index contributed by atoms with van der Waals surface area (Å²) < 4.78 is 21.9. The van der Waals surface area contributed by atoms with Gasteiger partial charge in [0.1, 0.15) is 24.4 Å². The fourth-order valence-electron chi connectivity index (χ4n) is 4.75. The Bertz CT molecular complexity index is 1510. The number of nitrogens with two attached hydrogens (primary N) is 1. The van der Waals surface area contributed by atoms with Crippen LogP contribution in [0, 0.1) is 5.82 Å². The van der Waals surface area contributed by atoms with Crippen LogP contribution in [0.2, 0.25) is 0 Å². The molecule has 0 spiro atoms. The number of ether oxygens (including phenoxy) is 1. The van der Waals surface area contributed by atoms with Crippen molar-refractivity contribution in [3.05, 3.63) is 79.0 Å². The van der Waals surface area contributed by atoms with Gasteiger partial charge in [0.2, 0.25) is 0 Å². The van der Waals surface area contributed by atoms with Crippen molar-refractivity contribution in [2.45, 2.75) is 46.1 Å². The number of H-pyrrole nitrogens is 1. The van der Waals surface area contributed by atoms with E-state index in [0.717, 1.165) is 31.9 Å². The molecule has 206 valence electrons. The third-order valence-corrected chi connectivity index (χ3v) is 6.38. The van der Waals surface area contributed by atoms with Gasteiger partial charge in [-0.1, -0.05) is 51.3 Å². The maximum atomic E-state index is 14.5. The number of aromatic amines is 1. The molecular weight excluding hydrogens is 495 g/mol. The molecule has 0 saturated carbocycles. The first kappa shape index (κ1) is 29.3. The first-order valence-electron chi connectivity index (χ1n) is 13.0. The van der Waals surface area contributed by atoms with Gasteiger partial charge in [-0.3, -0.25) is 0 Å². The minimum Gasteiger partial charge on any atom is -0.486 e. The van der Waals surface area contributed by atoms with Crippen molar-refractivity contribution in [1.82, 2.24) is 24.7 Å². The lowest BCUT2D eigenvalue weighted by Gasteiger charge is -2.25. The monoisotopic (exact) mass is 532 g/mol. The lowest BCUT2D eigenvalue weighted by Crippen LogP contribution is -2.16. The van der Waals surface area contributed by atoms with Crippen LogP contribution in [0.4, 0.5) is 10.2 Å². The van der Waals surface area contributed by atoms with Crippen molar-refractivity contribution in [3.8, 4) is 17.1 Å². The molecule has 0 saturated heterocycles. The molecule has 0 radical (unpaired) electrons. The van der Waals surface area contributed by atoms with Crippen molar-refractivity contribution < 1.29 is 14.2 Å². The van der Waals surface area contributed by atoms with Crippen LogP contribution in [0.5, 0.6) is 5.75 Å². The highest BCUT2D eigenvalue weighted by molar-refractivity contribution is 6.00. The van der Waals surface area contributed by atoms with E-state index in [0.29, 0.717) is 33.6 Å². The maximum absolute atomic E-state index is 14.5. The minimum absolute atomic E-state index is 0.108. The molecule has 1 atom stereocenters. The number of hydrogen-bond acceptors (Lipinski definition) is 6. The predicted octanol–water partition coefficient (Wildman–Crippen LogP) is 6.68. The van der Waals surface area contributed by atoms with E-state index in [2.05, 4.69) is 34.2 Å². The Balaban J connectivity index is 0.00000100. The molecule has 4 N–H and O–H groups in total. The van der Waals surface area contributed by atoms with Crippen molar-refractivity contribution in [2.75, 3.05) is 19.5 Å². The van der Waals surface area contributed by atoms with Crippen LogP contribution >= 0.6 is 0 Å². The number of aromatic nitrogens is 5. The van der Waals surface area contributed by atoms with Crippen molar-refractivity contribution in [2.24, 2.45) is 0 Å². The number of rotatable bonds is 7. The fraction of sp³-hybridized carbons (Fsp3) is 0.300. The molecule has 4 aromatic rings. The number of nitrogen functional groups attached to an aromatic ring is 1. The van der Waals surface area contributed by atoms with Gasteiger partial charge in [-0.05, 0) is 49.5 Å². The number of fused-ring (bicyclic) bond motifs is 2. The van der Waals surface area contributed by atoms with Gasteiger partial charge in [0, 0.05) is 24.1 Å². The molecule has 0 amide bonds. The Kier molecular flexibility index (Phi) is 10.2. The molecule has 1 aliphatic rings. The van der Waals surface area contributed by atoms with Crippen LogP contribution in [0.15, 0.2) is 73.1 Å². The number of anilines is 1. The summed E-state index contributed by atoms with van der Waals surface area (Å²) in [7, 11) is 1.00. The molecule has 3 heterocycles. The number of aliphatic hydroxyl groups excluding tert-OH is 1. The summed E-state index contributed by atoms with van der Waals surface area (Å²) in [6, 6.07) is 5.05. The van der Waals surface area contributed by atoms with E-state index in [1.165, 1.54) is 23.5 Å². The molecule has 39 heavy (non-hydrogen) atoms. The topological polar surface area (TPSA) is 115 Å². The zero-order valence-corrected chi connectivity index (χ0v) is 23.0. The van der Waals surface area contributed by atoms with E-state index in [-0.39, 0.29) is 18.4 Å². The Morgan fingerprint density at radius 3 is 2.67 bits per heavy atom. The largest absolute Gasteiger partial charge is 0.486 e. The minimum atomic E-state index is -0.438. The van der Waals surface area contributed by atoms with Gasteiger partial charge < -0.3 is 20.6 Å². The van der Waals surface area contributed by atoms with Gasteiger partial charge in [0.25, 0.3) is 0 Å². The van der Waals surface area contributed by atoms with Crippen LogP contribution in [-0.2, 0) is 0 Å². The summed E-state index contributed by atoms with van der Waals surface area (Å²) in [5, 5.41) is 13.3. The SMILES string of the molecule is C=CCOc1cc2[nH]c(-c3nn(C4CCC(C=C)=C(/C=C\C)C4)c4ncnc(N)c34)cc2cc1F.CC.CO. The van der Waals surface area contributed by atoms with Crippen molar-refractivity contribution in [1.29, 1.82) is 0 Å². The molecule has 0 aliphatic heterocycles. The summed E-state index contributed by atoms with van der Waals surface area (Å²) in [6.45, 7) is 13.8. The first-order valence-corrected chi connectivity index (χ1v) is 13.0. The fourth-order valence-corrected chi connectivity index (χ4v) is 4.75. The maximum Gasteiger partial charge on any atom is 0.165 e. The van der Waals surface area contributed by atoms with E-state index in [1.54, 1.807) is 12.1 Å². The highest BCUT2D eigenvalue weighted by Crippen LogP contribution is 2.39. The molecule has 8 nitrogen and oxygen atoms in total. The molecule has 0 bridgehead atoms. The van der Waals surface area contributed by atoms with Crippen molar-refractivity contribution in [3.63, 3.8) is 0 Å². The zero-order valence-electron chi connectivity index (χ0n) is 23.0. The quantitative estimate of drug-likeness (QED) is 0.229. The number of allylic oxidation sites excluding steroid dienone is 5. The number of hydrogen-bond donors (Lipinski definition) is 3. The molecule has 0 fully saturated rings. The Hall–Kier alpha value is -4.24. The van der Waals surface area contributed by atoms with Crippen LogP contribution in [0.3, 0.4) is 0 Å². The molecule has 5 rings (SSSR count). The Morgan fingerprint density at radius 1 is 1.21 bits per heavy atom. The zero-order chi connectivity index (χ0) is 28.5. The molecule has 9 heteroatoms. The van der Waals surface area contributed by atoms with Gasteiger partial charge in [-0.25, -0.2) is 19.0 Å². The summed E-state index contributed by atoms with van der Waals surface area (Å²) >= 11 is 0. The number of nitrogens with zero attached hydrogens (tertiary/aromatic N) is 4. The smallest absolute Gasteiger partial charge is 0.165 e. The Morgan fingerprint density at radius 2 is 1.97 bits per heavy atom. The molecule has 1 aromatic carbocycles. The highest BCUT2D eigenvalue weighted by atomic mass is 19.1. The summed E-state index contributed by atoms with van der Waals surface area (Å²) in [4.78, 5) is 12.1.